The lowest BCUT2D eigenvalue weighted by Gasteiger charge is -2.25. The summed E-state index contributed by atoms with van der Waals surface area (Å²) in [6.07, 6.45) is -1.09. The SMILES string of the molecule is C[C@@H](CCOC(=O)CS)[C@@H](OC(=O)Nc1ccc2c(c1)OCO2)c1cc(Br)ccc1O. The van der Waals surface area contributed by atoms with E-state index < -0.39 is 18.2 Å². The van der Waals surface area contributed by atoms with Crippen LogP contribution < -0.4 is 14.8 Å². The summed E-state index contributed by atoms with van der Waals surface area (Å²) < 4.78 is 22.1. The van der Waals surface area contributed by atoms with Crippen LogP contribution in [0.2, 0.25) is 0 Å². The molecule has 0 saturated carbocycles. The van der Waals surface area contributed by atoms with Gasteiger partial charge in [0.1, 0.15) is 11.9 Å². The Morgan fingerprint density at radius 1 is 1.23 bits per heavy atom. The number of halogens is 1. The van der Waals surface area contributed by atoms with Crippen LogP contribution in [0.4, 0.5) is 10.5 Å². The summed E-state index contributed by atoms with van der Waals surface area (Å²) in [7, 11) is 0. The normalized spacial score (nSPS) is 13.9. The number of carbonyl (C=O) groups is 2. The van der Waals surface area contributed by atoms with Gasteiger partial charge in [-0.3, -0.25) is 10.1 Å². The molecule has 0 aliphatic carbocycles. The van der Waals surface area contributed by atoms with Crippen LogP contribution in [0.1, 0.15) is 25.0 Å². The van der Waals surface area contributed by atoms with E-state index in [1.54, 1.807) is 30.3 Å². The molecule has 2 N–H and O–H groups in total. The lowest BCUT2D eigenvalue weighted by Crippen LogP contribution is -2.23. The third-order valence-electron chi connectivity index (χ3n) is 4.63. The van der Waals surface area contributed by atoms with E-state index in [-0.39, 0.29) is 30.8 Å². The summed E-state index contributed by atoms with van der Waals surface area (Å²) in [5.41, 5.74) is 0.907. The molecule has 3 rings (SSSR count). The number of phenolic OH excluding ortho intramolecular Hbond substituents is 1. The largest absolute Gasteiger partial charge is 0.508 e. The van der Waals surface area contributed by atoms with Crippen molar-refractivity contribution in [3.63, 3.8) is 0 Å². The van der Waals surface area contributed by atoms with Crippen LogP contribution in [0.25, 0.3) is 0 Å². The summed E-state index contributed by atoms with van der Waals surface area (Å²) in [6, 6.07) is 9.87. The van der Waals surface area contributed by atoms with E-state index in [1.807, 2.05) is 6.92 Å². The Morgan fingerprint density at radius 2 is 2.00 bits per heavy atom. The van der Waals surface area contributed by atoms with Gasteiger partial charge in [-0.25, -0.2) is 4.79 Å². The summed E-state index contributed by atoms with van der Waals surface area (Å²) in [4.78, 5) is 24.0. The summed E-state index contributed by atoms with van der Waals surface area (Å²) in [5.74, 6) is 0.398. The van der Waals surface area contributed by atoms with E-state index in [2.05, 4.69) is 33.9 Å². The average Bonchev–Trinajstić information content (AvgIpc) is 3.21. The molecule has 0 radical (unpaired) electrons. The Balaban J connectivity index is 1.73. The minimum Gasteiger partial charge on any atom is -0.508 e. The first kappa shape index (κ1) is 23.1. The second-order valence-corrected chi connectivity index (χ2v) is 8.10. The Morgan fingerprint density at radius 3 is 2.77 bits per heavy atom. The van der Waals surface area contributed by atoms with E-state index >= 15 is 0 Å². The number of esters is 1. The molecule has 31 heavy (non-hydrogen) atoms. The number of rotatable bonds is 8. The minimum atomic E-state index is -0.791. The van der Waals surface area contributed by atoms with Crippen LogP contribution in [0.15, 0.2) is 40.9 Å². The molecule has 2 atom stereocenters. The number of amides is 1. The number of thiol groups is 1. The molecule has 0 spiro atoms. The van der Waals surface area contributed by atoms with Crippen LogP contribution >= 0.6 is 28.6 Å². The zero-order valence-corrected chi connectivity index (χ0v) is 19.1. The number of ether oxygens (including phenoxy) is 4. The summed E-state index contributed by atoms with van der Waals surface area (Å²) >= 11 is 7.24. The van der Waals surface area contributed by atoms with Crippen molar-refractivity contribution in [1.82, 2.24) is 0 Å². The summed E-state index contributed by atoms with van der Waals surface area (Å²) in [6.45, 7) is 2.11. The van der Waals surface area contributed by atoms with Gasteiger partial charge in [-0.2, -0.15) is 12.6 Å². The standard InChI is InChI=1S/C21H22BrNO7S/c1-12(6-7-27-19(25)10-31)20(15-8-13(22)2-4-16(15)24)30-21(26)23-14-3-5-17-18(9-14)29-11-28-17/h2-5,8-9,12,20,24,31H,6-7,10-11H2,1H3,(H,23,26)/t12-,20+/m0/s1. The number of nitrogens with one attached hydrogen (secondary N) is 1. The Hall–Kier alpha value is -2.59. The highest BCUT2D eigenvalue weighted by Gasteiger charge is 2.27. The predicted molar refractivity (Wildman–Crippen MR) is 120 cm³/mol. The lowest BCUT2D eigenvalue weighted by atomic mass is 9.94. The molecule has 0 bridgehead atoms. The van der Waals surface area contributed by atoms with Crippen molar-refractivity contribution >= 4 is 46.3 Å². The number of carbonyl (C=O) groups excluding carboxylic acids is 2. The molecular formula is C21H22BrNO7S. The highest BCUT2D eigenvalue weighted by atomic mass is 79.9. The highest BCUT2D eigenvalue weighted by molar-refractivity contribution is 9.10. The van der Waals surface area contributed by atoms with Gasteiger partial charge in [0.2, 0.25) is 6.79 Å². The number of phenols is 1. The third kappa shape index (κ3) is 6.20. The van der Waals surface area contributed by atoms with Crippen molar-refractivity contribution in [2.45, 2.75) is 19.4 Å². The Bertz CT molecular complexity index is 955. The number of aromatic hydroxyl groups is 1. The first-order valence-electron chi connectivity index (χ1n) is 9.49. The van der Waals surface area contributed by atoms with Gasteiger partial charge in [0.25, 0.3) is 0 Å². The zero-order valence-electron chi connectivity index (χ0n) is 16.7. The molecule has 0 saturated heterocycles. The fourth-order valence-corrected chi connectivity index (χ4v) is 3.50. The lowest BCUT2D eigenvalue weighted by molar-refractivity contribution is -0.141. The monoisotopic (exact) mass is 511 g/mol. The molecule has 8 nitrogen and oxygen atoms in total. The number of fused-ring (bicyclic) bond motifs is 1. The predicted octanol–water partition coefficient (Wildman–Crippen LogP) is 4.67. The molecule has 1 aliphatic rings. The maximum Gasteiger partial charge on any atom is 0.412 e. The highest BCUT2D eigenvalue weighted by Crippen LogP contribution is 2.37. The molecule has 0 unspecified atom stereocenters. The van der Waals surface area contributed by atoms with Gasteiger partial charge in [0.15, 0.2) is 11.5 Å². The number of hydrogen-bond donors (Lipinski definition) is 3. The van der Waals surface area contributed by atoms with E-state index in [1.165, 1.54) is 6.07 Å². The molecule has 0 aromatic heterocycles. The van der Waals surface area contributed by atoms with E-state index in [0.717, 1.165) is 4.47 Å². The molecule has 1 aliphatic heterocycles. The topological polar surface area (TPSA) is 103 Å². The van der Waals surface area contributed by atoms with Gasteiger partial charge < -0.3 is 24.1 Å². The Kier molecular flexibility index (Phi) is 7.91. The van der Waals surface area contributed by atoms with Crippen LogP contribution in [0, 0.1) is 5.92 Å². The van der Waals surface area contributed by atoms with Crippen molar-refractivity contribution in [1.29, 1.82) is 0 Å². The van der Waals surface area contributed by atoms with E-state index in [0.29, 0.717) is 29.2 Å². The molecule has 2 aromatic carbocycles. The minimum absolute atomic E-state index is 0.0108. The third-order valence-corrected chi connectivity index (χ3v) is 5.38. The molecule has 166 valence electrons. The molecule has 1 amide bonds. The van der Waals surface area contributed by atoms with Crippen molar-refractivity contribution in [2.75, 3.05) is 24.5 Å². The molecular weight excluding hydrogens is 490 g/mol. The fraction of sp³-hybridized carbons (Fsp3) is 0.333. The molecule has 0 fully saturated rings. The second kappa shape index (κ2) is 10.6. The molecule has 1 heterocycles. The van der Waals surface area contributed by atoms with Crippen LogP contribution in [0.3, 0.4) is 0 Å². The van der Waals surface area contributed by atoms with Crippen LogP contribution in [-0.4, -0.2) is 36.3 Å². The molecule has 10 heteroatoms. The first-order valence-corrected chi connectivity index (χ1v) is 10.9. The van der Waals surface area contributed by atoms with Crippen molar-refractivity contribution in [3.8, 4) is 17.2 Å². The van der Waals surface area contributed by atoms with Gasteiger partial charge in [-0.05, 0) is 36.8 Å². The van der Waals surface area contributed by atoms with Crippen LogP contribution in [0.5, 0.6) is 17.2 Å². The van der Waals surface area contributed by atoms with Crippen molar-refractivity contribution in [3.05, 3.63) is 46.4 Å². The number of anilines is 1. The second-order valence-electron chi connectivity index (χ2n) is 6.87. The van der Waals surface area contributed by atoms with Gasteiger partial charge in [0, 0.05) is 27.7 Å². The quantitative estimate of drug-likeness (QED) is 0.349. The van der Waals surface area contributed by atoms with Gasteiger partial charge in [-0.15, -0.1) is 0 Å². The first-order chi connectivity index (χ1) is 14.9. The Labute approximate surface area is 193 Å². The fourth-order valence-electron chi connectivity index (χ4n) is 3.03. The average molecular weight is 512 g/mol. The molecule has 2 aromatic rings. The number of benzene rings is 2. The van der Waals surface area contributed by atoms with Gasteiger partial charge in [-0.1, -0.05) is 22.9 Å². The van der Waals surface area contributed by atoms with Crippen molar-refractivity contribution < 1.29 is 33.6 Å². The van der Waals surface area contributed by atoms with Crippen LogP contribution in [-0.2, 0) is 14.3 Å². The van der Waals surface area contributed by atoms with Crippen molar-refractivity contribution in [2.24, 2.45) is 5.92 Å². The maximum absolute atomic E-state index is 12.6. The summed E-state index contributed by atoms with van der Waals surface area (Å²) in [5, 5.41) is 13.0. The smallest absolute Gasteiger partial charge is 0.412 e. The van der Waals surface area contributed by atoms with E-state index in [4.69, 9.17) is 18.9 Å². The number of hydrogen-bond acceptors (Lipinski definition) is 8. The van der Waals surface area contributed by atoms with Gasteiger partial charge >= 0.3 is 12.1 Å². The maximum atomic E-state index is 12.6. The zero-order chi connectivity index (χ0) is 22.4. The van der Waals surface area contributed by atoms with E-state index in [9.17, 15) is 14.7 Å². The van der Waals surface area contributed by atoms with Gasteiger partial charge in [0.05, 0.1) is 12.4 Å².